The van der Waals surface area contributed by atoms with Gasteiger partial charge >= 0.3 is 6.09 Å². The van der Waals surface area contributed by atoms with E-state index in [1.165, 1.54) is 0 Å². The molecule has 0 bridgehead atoms. The number of amides is 1. The number of nitriles is 1. The van der Waals surface area contributed by atoms with Crippen LogP contribution in [0.4, 0.5) is 4.79 Å². The molecule has 0 saturated carbocycles. The predicted molar refractivity (Wildman–Crippen MR) is 104 cm³/mol. The topological polar surface area (TPSA) is 73.6 Å². The standard InChI is InChI=1S/C22H26N2O3/c1-21(2,3)27-20(25)24(16-19-12-8-5-9-13-19)22(26,17-23)15-14-18-10-6-4-7-11-18/h4-13,26H,14-16H2,1-3H3/t22-/m0/s1. The summed E-state index contributed by atoms with van der Waals surface area (Å²) in [6.45, 7) is 5.33. The van der Waals surface area contributed by atoms with Crippen molar-refractivity contribution in [2.45, 2.75) is 51.5 Å². The molecule has 0 aromatic heterocycles. The molecule has 2 rings (SSSR count). The molecule has 1 amide bonds. The number of nitrogens with zero attached hydrogens (tertiary/aromatic N) is 2. The van der Waals surface area contributed by atoms with Crippen molar-refractivity contribution in [2.75, 3.05) is 0 Å². The third-order valence-corrected chi connectivity index (χ3v) is 4.03. The Bertz CT molecular complexity index is 779. The number of hydrogen-bond acceptors (Lipinski definition) is 4. The van der Waals surface area contributed by atoms with Gasteiger partial charge in [-0.05, 0) is 38.3 Å². The highest BCUT2D eigenvalue weighted by molar-refractivity contribution is 5.69. The minimum atomic E-state index is -1.98. The maximum Gasteiger partial charge on any atom is 0.413 e. The van der Waals surface area contributed by atoms with Crippen LogP contribution in [0.5, 0.6) is 0 Å². The second-order valence-electron chi connectivity index (χ2n) is 7.47. The first-order chi connectivity index (χ1) is 12.7. The minimum Gasteiger partial charge on any atom is -0.444 e. The van der Waals surface area contributed by atoms with Crippen LogP contribution in [0, 0.1) is 11.3 Å². The van der Waals surface area contributed by atoms with E-state index in [1.54, 1.807) is 20.8 Å². The summed E-state index contributed by atoms with van der Waals surface area (Å²) in [5.74, 6) is 0. The summed E-state index contributed by atoms with van der Waals surface area (Å²) in [6, 6.07) is 20.7. The molecule has 2 aromatic carbocycles. The van der Waals surface area contributed by atoms with Gasteiger partial charge in [0, 0.05) is 6.42 Å². The SMILES string of the molecule is CC(C)(C)OC(=O)N(Cc1ccccc1)[C@@](O)(C#N)CCc1ccccc1. The highest BCUT2D eigenvalue weighted by Crippen LogP contribution is 2.24. The van der Waals surface area contributed by atoms with E-state index in [4.69, 9.17) is 4.74 Å². The Hall–Kier alpha value is -2.84. The molecule has 1 N–H and O–H groups in total. The van der Waals surface area contributed by atoms with E-state index < -0.39 is 17.4 Å². The van der Waals surface area contributed by atoms with Crippen LogP contribution in [0.2, 0.25) is 0 Å². The van der Waals surface area contributed by atoms with Crippen molar-refractivity contribution < 1.29 is 14.6 Å². The van der Waals surface area contributed by atoms with Gasteiger partial charge < -0.3 is 9.84 Å². The van der Waals surface area contributed by atoms with Crippen LogP contribution < -0.4 is 0 Å². The number of ether oxygens (including phenoxy) is 1. The van der Waals surface area contributed by atoms with Gasteiger partial charge in [0.25, 0.3) is 0 Å². The first kappa shape index (κ1) is 20.5. The van der Waals surface area contributed by atoms with Gasteiger partial charge in [-0.3, -0.25) is 4.90 Å². The predicted octanol–water partition coefficient (Wildman–Crippen LogP) is 4.27. The summed E-state index contributed by atoms with van der Waals surface area (Å²) >= 11 is 0. The molecule has 0 aliphatic carbocycles. The highest BCUT2D eigenvalue weighted by atomic mass is 16.6. The lowest BCUT2D eigenvalue weighted by Gasteiger charge is -2.35. The molecular weight excluding hydrogens is 340 g/mol. The molecule has 0 saturated heterocycles. The number of carbonyl (C=O) groups is 1. The summed E-state index contributed by atoms with van der Waals surface area (Å²) in [6.07, 6.45) is -0.179. The fourth-order valence-electron chi connectivity index (χ4n) is 2.64. The van der Waals surface area contributed by atoms with Gasteiger partial charge in [-0.2, -0.15) is 5.26 Å². The van der Waals surface area contributed by atoms with E-state index in [9.17, 15) is 15.2 Å². The van der Waals surface area contributed by atoms with Crippen LogP contribution in [-0.2, 0) is 17.7 Å². The molecule has 5 heteroatoms. The van der Waals surface area contributed by atoms with Gasteiger partial charge in [0.2, 0.25) is 5.72 Å². The Morgan fingerprint density at radius 1 is 1.04 bits per heavy atom. The van der Waals surface area contributed by atoms with E-state index >= 15 is 0 Å². The maximum atomic E-state index is 12.8. The first-order valence-corrected chi connectivity index (χ1v) is 8.96. The molecule has 0 radical (unpaired) electrons. The van der Waals surface area contributed by atoms with Crippen molar-refractivity contribution in [1.82, 2.24) is 4.90 Å². The lowest BCUT2D eigenvalue weighted by molar-refractivity contribution is -0.0783. The van der Waals surface area contributed by atoms with Crippen LogP contribution >= 0.6 is 0 Å². The second kappa shape index (κ2) is 8.70. The van der Waals surface area contributed by atoms with E-state index in [0.29, 0.717) is 6.42 Å². The van der Waals surface area contributed by atoms with Crippen molar-refractivity contribution in [1.29, 1.82) is 5.26 Å². The Balaban J connectivity index is 2.27. The normalized spacial score (nSPS) is 13.3. The number of benzene rings is 2. The summed E-state index contributed by atoms with van der Waals surface area (Å²) < 4.78 is 5.45. The van der Waals surface area contributed by atoms with Gasteiger partial charge in [0.15, 0.2) is 0 Å². The van der Waals surface area contributed by atoms with E-state index in [2.05, 4.69) is 0 Å². The minimum absolute atomic E-state index is 0.0780. The zero-order chi connectivity index (χ0) is 19.9. The largest absolute Gasteiger partial charge is 0.444 e. The van der Waals surface area contributed by atoms with Crippen molar-refractivity contribution in [3.8, 4) is 6.07 Å². The average Bonchev–Trinajstić information content (AvgIpc) is 2.64. The van der Waals surface area contributed by atoms with Gasteiger partial charge in [-0.25, -0.2) is 4.79 Å². The summed E-state index contributed by atoms with van der Waals surface area (Å²) in [7, 11) is 0. The van der Waals surface area contributed by atoms with Crippen LogP contribution in [0.1, 0.15) is 38.3 Å². The maximum absolute atomic E-state index is 12.8. The average molecular weight is 366 g/mol. The van der Waals surface area contributed by atoms with Crippen LogP contribution in [-0.4, -0.2) is 27.4 Å². The Labute approximate surface area is 160 Å². The van der Waals surface area contributed by atoms with Gasteiger partial charge in [0.05, 0.1) is 6.54 Å². The fraction of sp³-hybridized carbons (Fsp3) is 0.364. The molecule has 0 unspecified atom stereocenters. The molecular formula is C22H26N2O3. The zero-order valence-corrected chi connectivity index (χ0v) is 16.1. The summed E-state index contributed by atoms with van der Waals surface area (Å²) in [4.78, 5) is 13.9. The zero-order valence-electron chi connectivity index (χ0n) is 16.1. The van der Waals surface area contributed by atoms with Crippen molar-refractivity contribution in [3.63, 3.8) is 0 Å². The Morgan fingerprint density at radius 2 is 1.56 bits per heavy atom. The molecule has 2 aromatic rings. The Morgan fingerprint density at radius 3 is 2.04 bits per heavy atom. The highest BCUT2D eigenvalue weighted by Gasteiger charge is 2.40. The van der Waals surface area contributed by atoms with E-state index in [1.807, 2.05) is 66.7 Å². The fourth-order valence-corrected chi connectivity index (χ4v) is 2.64. The molecule has 142 valence electrons. The number of aryl methyl sites for hydroxylation is 1. The van der Waals surface area contributed by atoms with Crippen molar-refractivity contribution >= 4 is 6.09 Å². The molecule has 0 aliphatic heterocycles. The van der Waals surface area contributed by atoms with Gasteiger partial charge in [-0.15, -0.1) is 0 Å². The molecule has 27 heavy (non-hydrogen) atoms. The van der Waals surface area contributed by atoms with Crippen molar-refractivity contribution in [2.24, 2.45) is 0 Å². The van der Waals surface area contributed by atoms with Gasteiger partial charge in [0.1, 0.15) is 11.7 Å². The Kier molecular flexibility index (Phi) is 6.59. The van der Waals surface area contributed by atoms with Crippen LogP contribution in [0.25, 0.3) is 0 Å². The number of hydrogen-bond donors (Lipinski definition) is 1. The number of carbonyl (C=O) groups excluding carboxylic acids is 1. The van der Waals surface area contributed by atoms with Crippen LogP contribution in [0.3, 0.4) is 0 Å². The van der Waals surface area contributed by atoms with E-state index in [0.717, 1.165) is 16.0 Å². The van der Waals surface area contributed by atoms with Crippen LogP contribution in [0.15, 0.2) is 60.7 Å². The first-order valence-electron chi connectivity index (χ1n) is 8.96. The quantitative estimate of drug-likeness (QED) is 0.612. The molecule has 0 aliphatic rings. The molecule has 0 heterocycles. The summed E-state index contributed by atoms with van der Waals surface area (Å²) in [5.41, 5.74) is -0.928. The van der Waals surface area contributed by atoms with Crippen molar-refractivity contribution in [3.05, 3.63) is 71.8 Å². The lowest BCUT2D eigenvalue weighted by atomic mass is 10.0. The monoisotopic (exact) mass is 366 g/mol. The van der Waals surface area contributed by atoms with Gasteiger partial charge in [-0.1, -0.05) is 60.7 Å². The van der Waals surface area contributed by atoms with E-state index in [-0.39, 0.29) is 13.0 Å². The third-order valence-electron chi connectivity index (χ3n) is 4.03. The number of aliphatic hydroxyl groups is 1. The molecule has 0 fully saturated rings. The smallest absolute Gasteiger partial charge is 0.413 e. The third kappa shape index (κ3) is 6.12. The summed E-state index contributed by atoms with van der Waals surface area (Å²) in [5, 5.41) is 20.7. The second-order valence-corrected chi connectivity index (χ2v) is 7.47. The molecule has 0 spiro atoms. The number of rotatable bonds is 6. The molecule has 5 nitrogen and oxygen atoms in total. The molecule has 1 atom stereocenters. The lowest BCUT2D eigenvalue weighted by Crippen LogP contribution is -2.52.